The lowest BCUT2D eigenvalue weighted by molar-refractivity contribution is -0.383. The Kier molecular flexibility index (Phi) is 7.99. The average molecular weight is 592 g/mol. The highest BCUT2D eigenvalue weighted by Crippen LogP contribution is 2.55. The van der Waals surface area contributed by atoms with Gasteiger partial charge in [-0.2, -0.15) is 0 Å². The van der Waals surface area contributed by atoms with Crippen LogP contribution in [-0.2, 0) is 6.54 Å². The number of non-ortho nitro benzene ring substituents is 1. The molecule has 4 aromatic carbocycles. The molecule has 0 amide bonds. The van der Waals surface area contributed by atoms with E-state index in [2.05, 4.69) is 91.0 Å². The summed E-state index contributed by atoms with van der Waals surface area (Å²) in [5, 5.41) is 16.6. The summed E-state index contributed by atoms with van der Waals surface area (Å²) in [6.07, 6.45) is 3.86. The predicted molar refractivity (Wildman–Crippen MR) is 143 cm³/mol. The number of halogens is 1. The van der Waals surface area contributed by atoms with Crippen LogP contribution in [0.3, 0.4) is 0 Å². The number of hydrogen-bond donors (Lipinski definition) is 0. The summed E-state index contributed by atoms with van der Waals surface area (Å²) in [5.74, 6) is 0. The van der Waals surface area contributed by atoms with Gasteiger partial charge in [0.05, 0.1) is 11.1 Å². The van der Waals surface area contributed by atoms with E-state index in [0.717, 1.165) is 24.5 Å². The van der Waals surface area contributed by atoms with E-state index in [1.165, 1.54) is 15.9 Å². The lowest BCUT2D eigenvalue weighted by Crippen LogP contribution is -3.00. The fourth-order valence-electron chi connectivity index (χ4n) is 4.93. The van der Waals surface area contributed by atoms with Gasteiger partial charge in [-0.25, -0.2) is 0 Å². The van der Waals surface area contributed by atoms with Crippen LogP contribution < -0.4 is 39.9 Å². The Labute approximate surface area is 223 Å². The summed E-state index contributed by atoms with van der Waals surface area (Å²) in [7, 11) is -1.91. The first-order valence-corrected chi connectivity index (χ1v) is 13.4. The van der Waals surface area contributed by atoms with Crippen LogP contribution in [0.4, 0.5) is 5.69 Å². The van der Waals surface area contributed by atoms with Crippen LogP contribution in [0.5, 0.6) is 0 Å². The molecular formula is C29H26IN2O2P. The second-order valence-electron chi connectivity index (χ2n) is 8.37. The maximum Gasteiger partial charge on any atom is 0.293 e. The zero-order chi connectivity index (χ0) is 23.4. The number of nitrogens with zero attached hydrogens (tertiary/aromatic N) is 2. The van der Waals surface area contributed by atoms with Gasteiger partial charge in [0.15, 0.2) is 0 Å². The lowest BCUT2D eigenvalue weighted by atomic mass is 10.2. The van der Waals surface area contributed by atoms with Crippen LogP contribution in [0.1, 0.15) is 6.42 Å². The van der Waals surface area contributed by atoms with E-state index in [1.54, 1.807) is 12.1 Å². The lowest BCUT2D eigenvalue weighted by Gasteiger charge is -2.27. The van der Waals surface area contributed by atoms with Crippen molar-refractivity contribution in [3.63, 3.8) is 0 Å². The van der Waals surface area contributed by atoms with E-state index in [0.29, 0.717) is 5.52 Å². The number of nitro groups is 1. The number of aromatic nitrogens is 1. The monoisotopic (exact) mass is 592 g/mol. The number of para-hydroxylation sites is 1. The molecule has 35 heavy (non-hydrogen) atoms. The molecule has 1 aromatic heterocycles. The van der Waals surface area contributed by atoms with Crippen molar-refractivity contribution in [2.24, 2.45) is 0 Å². The van der Waals surface area contributed by atoms with E-state index < -0.39 is 7.26 Å². The average Bonchev–Trinajstić information content (AvgIpc) is 3.31. The molecule has 0 spiro atoms. The fourth-order valence-corrected chi connectivity index (χ4v) is 9.26. The SMILES string of the molecule is O=[N+]([O-])c1cccc2ccn(CCC[P+](c3ccccc3)(c3ccccc3)c3ccccc3)c12.[I-]. The molecule has 0 aliphatic carbocycles. The topological polar surface area (TPSA) is 48.1 Å². The molecule has 0 aliphatic rings. The summed E-state index contributed by atoms with van der Waals surface area (Å²) in [4.78, 5) is 11.4. The first-order chi connectivity index (χ1) is 16.7. The molecule has 0 aliphatic heterocycles. The molecule has 0 saturated carbocycles. The Balaban J connectivity index is 0.00000289. The highest BCUT2D eigenvalue weighted by molar-refractivity contribution is 7.95. The van der Waals surface area contributed by atoms with Crippen molar-refractivity contribution in [2.45, 2.75) is 13.0 Å². The number of benzene rings is 4. The molecule has 0 unspecified atom stereocenters. The number of fused-ring (bicyclic) bond motifs is 1. The van der Waals surface area contributed by atoms with E-state index in [4.69, 9.17) is 0 Å². The molecule has 0 atom stereocenters. The molecule has 4 nitrogen and oxygen atoms in total. The van der Waals surface area contributed by atoms with Crippen molar-refractivity contribution in [2.75, 3.05) is 6.16 Å². The van der Waals surface area contributed by atoms with Gasteiger partial charge in [-0.05, 0) is 42.5 Å². The second-order valence-corrected chi connectivity index (χ2v) is 12.0. The fraction of sp³-hybridized carbons (Fsp3) is 0.103. The molecule has 5 rings (SSSR count). The molecule has 5 aromatic rings. The van der Waals surface area contributed by atoms with Gasteiger partial charge in [0.2, 0.25) is 0 Å². The highest BCUT2D eigenvalue weighted by atomic mass is 127. The first-order valence-electron chi connectivity index (χ1n) is 11.5. The summed E-state index contributed by atoms with van der Waals surface area (Å²) < 4.78 is 2.04. The van der Waals surface area contributed by atoms with Gasteiger partial charge in [-0.1, -0.05) is 66.7 Å². The van der Waals surface area contributed by atoms with Gasteiger partial charge in [-0.3, -0.25) is 10.1 Å². The van der Waals surface area contributed by atoms with Crippen LogP contribution in [0.15, 0.2) is 121 Å². The summed E-state index contributed by atoms with van der Waals surface area (Å²) in [6.45, 7) is 0.725. The zero-order valence-electron chi connectivity index (χ0n) is 19.2. The Hall–Kier alpha value is -3.02. The number of aryl methyl sites for hydroxylation is 1. The van der Waals surface area contributed by atoms with E-state index in [-0.39, 0.29) is 34.6 Å². The first kappa shape index (κ1) is 25.1. The van der Waals surface area contributed by atoms with Gasteiger partial charge in [0, 0.05) is 30.6 Å². The minimum absolute atomic E-state index is 0. The molecule has 1 heterocycles. The van der Waals surface area contributed by atoms with Crippen molar-refractivity contribution in [3.05, 3.63) is 132 Å². The van der Waals surface area contributed by atoms with Gasteiger partial charge in [0.1, 0.15) is 28.7 Å². The minimum atomic E-state index is -1.91. The number of hydrogen-bond acceptors (Lipinski definition) is 2. The van der Waals surface area contributed by atoms with E-state index >= 15 is 0 Å². The Bertz CT molecular complexity index is 1310. The third kappa shape index (κ3) is 4.89. The van der Waals surface area contributed by atoms with Crippen LogP contribution in [0, 0.1) is 10.1 Å². The number of nitro benzene ring substituents is 1. The van der Waals surface area contributed by atoms with Crippen molar-refractivity contribution < 1.29 is 28.9 Å². The quantitative estimate of drug-likeness (QED) is 0.121. The van der Waals surface area contributed by atoms with Crippen molar-refractivity contribution in [1.82, 2.24) is 4.57 Å². The summed E-state index contributed by atoms with van der Waals surface area (Å²) >= 11 is 0. The zero-order valence-corrected chi connectivity index (χ0v) is 22.3. The van der Waals surface area contributed by atoms with Gasteiger partial charge in [0.25, 0.3) is 5.69 Å². The molecule has 0 saturated heterocycles. The summed E-state index contributed by atoms with van der Waals surface area (Å²) in [6, 6.07) is 39.7. The smallest absolute Gasteiger partial charge is 0.293 e. The molecule has 6 heteroatoms. The van der Waals surface area contributed by atoms with Gasteiger partial charge >= 0.3 is 0 Å². The van der Waals surface area contributed by atoms with E-state index in [9.17, 15) is 10.1 Å². The largest absolute Gasteiger partial charge is 1.00 e. The molecule has 0 bridgehead atoms. The van der Waals surface area contributed by atoms with E-state index in [1.807, 2.05) is 22.9 Å². The molecule has 176 valence electrons. The third-order valence-electron chi connectivity index (χ3n) is 6.45. The summed E-state index contributed by atoms with van der Waals surface area (Å²) in [5.41, 5.74) is 0.869. The van der Waals surface area contributed by atoms with Crippen molar-refractivity contribution >= 4 is 39.8 Å². The van der Waals surface area contributed by atoms with Crippen LogP contribution >= 0.6 is 7.26 Å². The van der Waals surface area contributed by atoms with Crippen molar-refractivity contribution in [1.29, 1.82) is 0 Å². The van der Waals surface area contributed by atoms with Gasteiger partial charge < -0.3 is 28.5 Å². The van der Waals surface area contributed by atoms with Crippen LogP contribution in [0.2, 0.25) is 0 Å². The van der Waals surface area contributed by atoms with Crippen LogP contribution in [-0.4, -0.2) is 15.7 Å². The minimum Gasteiger partial charge on any atom is -1.00 e. The van der Waals surface area contributed by atoms with Crippen molar-refractivity contribution in [3.8, 4) is 0 Å². The Morgan fingerprint density at radius 2 is 1.20 bits per heavy atom. The Morgan fingerprint density at radius 3 is 1.69 bits per heavy atom. The molecule has 0 radical (unpaired) electrons. The molecule has 0 fully saturated rings. The standard InChI is InChI=1S/C29H26N2O2P.HI/c32-31(33)28-19-10-12-24-20-22-30(29(24)28)21-11-23-34(25-13-4-1-5-14-25,26-15-6-2-7-16-26)27-17-8-3-9-18-27;/h1-10,12-20,22H,11,21,23H2;1H/q+1;/p-1. The number of rotatable bonds is 8. The molecule has 0 N–H and O–H groups in total. The maximum atomic E-state index is 11.7. The maximum absolute atomic E-state index is 11.7. The third-order valence-corrected chi connectivity index (χ3v) is 11.0. The normalized spacial score (nSPS) is 11.2. The van der Waals surface area contributed by atoms with Gasteiger partial charge in [-0.15, -0.1) is 0 Å². The predicted octanol–water partition coefficient (Wildman–Crippen LogP) is 2.94. The molecular weight excluding hydrogens is 566 g/mol. The second kappa shape index (κ2) is 11.1. The highest BCUT2D eigenvalue weighted by Gasteiger charge is 2.44. The Morgan fingerprint density at radius 1 is 0.686 bits per heavy atom. The van der Waals surface area contributed by atoms with Crippen LogP contribution in [0.25, 0.3) is 10.9 Å².